The topological polar surface area (TPSA) is 44.4 Å². The van der Waals surface area contributed by atoms with Crippen molar-refractivity contribution in [3.8, 4) is 0 Å². The van der Waals surface area contributed by atoms with E-state index in [0.29, 0.717) is 12.6 Å². The Morgan fingerprint density at radius 2 is 2.00 bits per heavy atom. The molecule has 2 rings (SSSR count). The van der Waals surface area contributed by atoms with Crippen LogP contribution in [0.4, 0.5) is 0 Å². The van der Waals surface area contributed by atoms with E-state index in [2.05, 4.69) is 41.8 Å². The van der Waals surface area contributed by atoms with E-state index in [-0.39, 0.29) is 11.9 Å². The zero-order valence-corrected chi connectivity index (χ0v) is 12.4. The predicted octanol–water partition coefficient (Wildman–Crippen LogP) is 1.55. The molecule has 0 heterocycles. The molecule has 1 atom stereocenters. The summed E-state index contributed by atoms with van der Waals surface area (Å²) >= 11 is 0. The molecule has 0 aromatic heterocycles. The van der Waals surface area contributed by atoms with Gasteiger partial charge in [-0.1, -0.05) is 30.3 Å². The lowest BCUT2D eigenvalue weighted by Crippen LogP contribution is -2.38. The van der Waals surface area contributed by atoms with Gasteiger partial charge in [0.15, 0.2) is 0 Å². The summed E-state index contributed by atoms with van der Waals surface area (Å²) in [6, 6.07) is 10.9. The normalized spacial score (nSPS) is 16.1. The van der Waals surface area contributed by atoms with E-state index in [1.165, 1.54) is 18.4 Å². The van der Waals surface area contributed by atoms with E-state index in [0.717, 1.165) is 13.0 Å². The fourth-order valence-electron chi connectivity index (χ4n) is 2.16. The average molecular weight is 275 g/mol. The predicted molar refractivity (Wildman–Crippen MR) is 81.5 cm³/mol. The minimum Gasteiger partial charge on any atom is -0.348 e. The largest absolute Gasteiger partial charge is 0.348 e. The van der Waals surface area contributed by atoms with Gasteiger partial charge < -0.3 is 15.5 Å². The maximum Gasteiger partial charge on any atom is 0.234 e. The molecule has 20 heavy (non-hydrogen) atoms. The van der Waals surface area contributed by atoms with Crippen LogP contribution in [0.5, 0.6) is 0 Å². The second-order valence-electron chi connectivity index (χ2n) is 5.78. The van der Waals surface area contributed by atoms with Gasteiger partial charge in [-0.15, -0.1) is 0 Å². The Morgan fingerprint density at radius 1 is 1.30 bits per heavy atom. The quantitative estimate of drug-likeness (QED) is 0.756. The smallest absolute Gasteiger partial charge is 0.234 e. The van der Waals surface area contributed by atoms with Gasteiger partial charge in [-0.3, -0.25) is 4.79 Å². The number of rotatable bonds is 8. The highest BCUT2D eigenvalue weighted by molar-refractivity contribution is 5.78. The number of benzene rings is 1. The van der Waals surface area contributed by atoms with E-state index in [4.69, 9.17) is 0 Å². The van der Waals surface area contributed by atoms with Gasteiger partial charge >= 0.3 is 0 Å². The van der Waals surface area contributed by atoms with Crippen LogP contribution >= 0.6 is 0 Å². The third-order valence-electron chi connectivity index (χ3n) is 3.53. The second kappa shape index (κ2) is 7.41. The van der Waals surface area contributed by atoms with Gasteiger partial charge in [0.05, 0.1) is 12.6 Å². The molecule has 0 aliphatic heterocycles. The van der Waals surface area contributed by atoms with Crippen molar-refractivity contribution in [3.05, 3.63) is 35.9 Å². The molecular weight excluding hydrogens is 250 g/mol. The standard InChI is InChI=1S/C16H25N3O/c1-19(2)11-10-15(13-6-4-3-5-7-13)18-16(20)12-17-14-8-9-14/h3-7,14-15,17H,8-12H2,1-2H3,(H,18,20). The summed E-state index contributed by atoms with van der Waals surface area (Å²) in [6.07, 6.45) is 3.33. The lowest BCUT2D eigenvalue weighted by Gasteiger charge is -2.21. The molecule has 4 nitrogen and oxygen atoms in total. The highest BCUT2D eigenvalue weighted by Crippen LogP contribution is 2.19. The second-order valence-corrected chi connectivity index (χ2v) is 5.78. The highest BCUT2D eigenvalue weighted by Gasteiger charge is 2.22. The van der Waals surface area contributed by atoms with Crippen molar-refractivity contribution in [1.82, 2.24) is 15.5 Å². The summed E-state index contributed by atoms with van der Waals surface area (Å²) in [7, 11) is 4.11. The first-order valence-electron chi connectivity index (χ1n) is 7.37. The van der Waals surface area contributed by atoms with Gasteiger partial charge in [0.2, 0.25) is 5.91 Å². The van der Waals surface area contributed by atoms with Crippen molar-refractivity contribution in [3.63, 3.8) is 0 Å². The summed E-state index contributed by atoms with van der Waals surface area (Å²) < 4.78 is 0. The monoisotopic (exact) mass is 275 g/mol. The van der Waals surface area contributed by atoms with Crippen LogP contribution in [0.2, 0.25) is 0 Å². The maximum absolute atomic E-state index is 12.0. The molecule has 1 fully saturated rings. The highest BCUT2D eigenvalue weighted by atomic mass is 16.2. The zero-order chi connectivity index (χ0) is 14.4. The molecule has 0 spiro atoms. The first-order valence-corrected chi connectivity index (χ1v) is 7.37. The third kappa shape index (κ3) is 5.31. The molecule has 0 radical (unpaired) electrons. The van der Waals surface area contributed by atoms with Crippen LogP contribution in [-0.2, 0) is 4.79 Å². The molecule has 110 valence electrons. The molecule has 1 aliphatic rings. The van der Waals surface area contributed by atoms with Gasteiger partial charge in [-0.05, 0) is 45.5 Å². The summed E-state index contributed by atoms with van der Waals surface area (Å²) in [6.45, 7) is 1.38. The van der Waals surface area contributed by atoms with Gasteiger partial charge in [-0.2, -0.15) is 0 Å². The van der Waals surface area contributed by atoms with Gasteiger partial charge in [0, 0.05) is 6.04 Å². The van der Waals surface area contributed by atoms with Crippen LogP contribution in [0, 0.1) is 0 Å². The summed E-state index contributed by atoms with van der Waals surface area (Å²) in [4.78, 5) is 14.2. The molecule has 1 aromatic rings. The number of nitrogens with zero attached hydrogens (tertiary/aromatic N) is 1. The minimum atomic E-state index is 0.0875. The zero-order valence-electron chi connectivity index (χ0n) is 12.4. The number of hydrogen-bond acceptors (Lipinski definition) is 3. The molecular formula is C16H25N3O. The number of amides is 1. The van der Waals surface area contributed by atoms with E-state index >= 15 is 0 Å². The molecule has 2 N–H and O–H groups in total. The number of carbonyl (C=O) groups excluding carboxylic acids is 1. The molecule has 4 heteroatoms. The van der Waals surface area contributed by atoms with Crippen molar-refractivity contribution in [2.45, 2.75) is 31.3 Å². The van der Waals surface area contributed by atoms with Crippen LogP contribution in [0.1, 0.15) is 30.9 Å². The number of hydrogen-bond donors (Lipinski definition) is 2. The van der Waals surface area contributed by atoms with E-state index < -0.39 is 0 Å². The minimum absolute atomic E-state index is 0.0875. The molecule has 1 unspecified atom stereocenters. The number of carbonyl (C=O) groups is 1. The van der Waals surface area contributed by atoms with E-state index in [1.54, 1.807) is 0 Å². The first kappa shape index (κ1) is 15.0. The van der Waals surface area contributed by atoms with Gasteiger partial charge in [-0.25, -0.2) is 0 Å². The van der Waals surface area contributed by atoms with E-state index in [1.807, 2.05) is 18.2 Å². The van der Waals surface area contributed by atoms with Crippen LogP contribution in [0.15, 0.2) is 30.3 Å². The summed E-state index contributed by atoms with van der Waals surface area (Å²) in [5, 5.41) is 6.40. The van der Waals surface area contributed by atoms with Crippen LogP contribution in [0.3, 0.4) is 0 Å². The van der Waals surface area contributed by atoms with Crippen LogP contribution < -0.4 is 10.6 Å². The van der Waals surface area contributed by atoms with Gasteiger partial charge in [0.1, 0.15) is 0 Å². The molecule has 0 saturated heterocycles. The fourth-order valence-corrected chi connectivity index (χ4v) is 2.16. The molecule has 1 amide bonds. The Kier molecular flexibility index (Phi) is 5.56. The lowest BCUT2D eigenvalue weighted by atomic mass is 10.0. The van der Waals surface area contributed by atoms with Crippen molar-refractivity contribution in [1.29, 1.82) is 0 Å². The molecule has 1 aromatic carbocycles. The Morgan fingerprint density at radius 3 is 2.60 bits per heavy atom. The Balaban J connectivity index is 1.88. The molecule has 0 bridgehead atoms. The first-order chi connectivity index (χ1) is 9.65. The van der Waals surface area contributed by atoms with Crippen molar-refractivity contribution < 1.29 is 4.79 Å². The molecule has 1 saturated carbocycles. The Hall–Kier alpha value is -1.39. The SMILES string of the molecule is CN(C)CCC(NC(=O)CNC1CC1)c1ccccc1. The van der Waals surface area contributed by atoms with Crippen molar-refractivity contribution >= 4 is 5.91 Å². The van der Waals surface area contributed by atoms with Gasteiger partial charge in [0.25, 0.3) is 0 Å². The van der Waals surface area contributed by atoms with Crippen LogP contribution in [0.25, 0.3) is 0 Å². The Labute approximate surface area is 121 Å². The van der Waals surface area contributed by atoms with Crippen molar-refractivity contribution in [2.24, 2.45) is 0 Å². The van der Waals surface area contributed by atoms with Crippen molar-refractivity contribution in [2.75, 3.05) is 27.2 Å². The summed E-state index contributed by atoms with van der Waals surface area (Å²) in [5.41, 5.74) is 1.18. The third-order valence-corrected chi connectivity index (χ3v) is 3.53. The number of nitrogens with one attached hydrogen (secondary N) is 2. The average Bonchev–Trinajstić information content (AvgIpc) is 3.26. The fraction of sp³-hybridized carbons (Fsp3) is 0.562. The Bertz CT molecular complexity index is 415. The lowest BCUT2D eigenvalue weighted by molar-refractivity contribution is -0.121. The van der Waals surface area contributed by atoms with Crippen LogP contribution in [-0.4, -0.2) is 44.0 Å². The summed E-state index contributed by atoms with van der Waals surface area (Å²) in [5.74, 6) is 0.0875. The maximum atomic E-state index is 12.0. The van der Waals surface area contributed by atoms with E-state index in [9.17, 15) is 4.79 Å². The molecule has 1 aliphatic carbocycles.